The Bertz CT molecular complexity index is 1120. The van der Waals surface area contributed by atoms with Crippen LogP contribution in [0.3, 0.4) is 0 Å². The van der Waals surface area contributed by atoms with Crippen LogP contribution in [-0.4, -0.2) is 19.7 Å². The Labute approximate surface area is 163 Å². The van der Waals surface area contributed by atoms with Gasteiger partial charge >= 0.3 is 0 Å². The van der Waals surface area contributed by atoms with Crippen molar-refractivity contribution in [2.75, 3.05) is 0 Å². The molecule has 0 fully saturated rings. The molecular formula is C20H13F3N4S. The van der Waals surface area contributed by atoms with Crippen LogP contribution in [0, 0.1) is 17.5 Å². The summed E-state index contributed by atoms with van der Waals surface area (Å²) in [6.45, 7) is 0. The van der Waals surface area contributed by atoms with Gasteiger partial charge in [-0.05, 0) is 30.3 Å². The maximum atomic E-state index is 14.5. The first-order valence-electron chi connectivity index (χ1n) is 8.31. The van der Waals surface area contributed by atoms with E-state index in [1.54, 1.807) is 47.3 Å². The predicted octanol–water partition coefficient (Wildman–Crippen LogP) is 5.04. The number of benzene rings is 2. The Morgan fingerprint density at radius 2 is 1.68 bits per heavy atom. The number of thioether (sulfide) groups is 1. The largest absolute Gasteiger partial charge is 0.267 e. The van der Waals surface area contributed by atoms with E-state index in [0.29, 0.717) is 16.5 Å². The fourth-order valence-corrected chi connectivity index (χ4v) is 3.62. The molecule has 0 aliphatic heterocycles. The van der Waals surface area contributed by atoms with Gasteiger partial charge in [-0.1, -0.05) is 36.0 Å². The van der Waals surface area contributed by atoms with Crippen molar-refractivity contribution in [3.63, 3.8) is 0 Å². The second-order valence-corrected chi connectivity index (χ2v) is 6.78. The van der Waals surface area contributed by atoms with Crippen molar-refractivity contribution in [2.24, 2.45) is 0 Å². The molecule has 2 aromatic carbocycles. The van der Waals surface area contributed by atoms with Crippen LogP contribution in [0.5, 0.6) is 0 Å². The lowest BCUT2D eigenvalue weighted by atomic mass is 10.2. The van der Waals surface area contributed by atoms with Crippen LogP contribution in [0.1, 0.15) is 5.56 Å². The van der Waals surface area contributed by atoms with E-state index in [1.807, 2.05) is 0 Å². The highest BCUT2D eigenvalue weighted by Gasteiger charge is 2.19. The van der Waals surface area contributed by atoms with Crippen molar-refractivity contribution in [1.82, 2.24) is 19.7 Å². The standard InChI is InChI=1S/C20H13F3N4S/c21-15-7-1-2-9-17(15)27-19(13-6-4-10-24-11-13)25-26-20(27)28-12-14-5-3-8-16(22)18(14)23/h1-11H,12H2. The van der Waals surface area contributed by atoms with Crippen molar-refractivity contribution >= 4 is 11.8 Å². The molecule has 4 aromatic rings. The van der Waals surface area contributed by atoms with Gasteiger partial charge in [0, 0.05) is 29.3 Å². The number of hydrogen-bond donors (Lipinski definition) is 0. The molecule has 0 saturated heterocycles. The van der Waals surface area contributed by atoms with E-state index in [1.165, 1.54) is 18.2 Å². The van der Waals surface area contributed by atoms with Crippen LogP contribution in [0.2, 0.25) is 0 Å². The summed E-state index contributed by atoms with van der Waals surface area (Å²) in [6, 6.07) is 13.8. The summed E-state index contributed by atoms with van der Waals surface area (Å²) in [5.74, 6) is -1.75. The van der Waals surface area contributed by atoms with Crippen molar-refractivity contribution in [1.29, 1.82) is 0 Å². The molecule has 2 heterocycles. The van der Waals surface area contributed by atoms with E-state index in [0.717, 1.165) is 17.8 Å². The molecule has 2 aromatic heterocycles. The predicted molar refractivity (Wildman–Crippen MR) is 100 cm³/mol. The molecule has 0 N–H and O–H groups in total. The van der Waals surface area contributed by atoms with Crippen LogP contribution < -0.4 is 0 Å². The van der Waals surface area contributed by atoms with Crippen LogP contribution >= 0.6 is 11.8 Å². The minimum absolute atomic E-state index is 0.114. The van der Waals surface area contributed by atoms with E-state index in [2.05, 4.69) is 15.2 Å². The molecule has 0 aliphatic rings. The molecule has 0 radical (unpaired) electrons. The topological polar surface area (TPSA) is 43.6 Å². The third-order valence-corrected chi connectivity index (χ3v) is 5.01. The molecule has 0 spiro atoms. The molecule has 0 atom stereocenters. The third kappa shape index (κ3) is 3.50. The van der Waals surface area contributed by atoms with Gasteiger partial charge in [-0.15, -0.1) is 10.2 Å². The van der Waals surface area contributed by atoms with Gasteiger partial charge in [-0.2, -0.15) is 0 Å². The van der Waals surface area contributed by atoms with Crippen molar-refractivity contribution in [3.8, 4) is 17.1 Å². The SMILES string of the molecule is Fc1ccccc1-n1c(SCc2cccc(F)c2F)nnc1-c1cccnc1. The Hall–Kier alpha value is -3.13. The monoisotopic (exact) mass is 398 g/mol. The maximum absolute atomic E-state index is 14.5. The number of hydrogen-bond acceptors (Lipinski definition) is 4. The zero-order valence-electron chi connectivity index (χ0n) is 14.4. The average Bonchev–Trinajstić information content (AvgIpc) is 3.14. The number of para-hydroxylation sites is 1. The summed E-state index contributed by atoms with van der Waals surface area (Å²) in [6.07, 6.45) is 3.22. The number of halogens is 3. The second-order valence-electron chi connectivity index (χ2n) is 5.84. The summed E-state index contributed by atoms with van der Waals surface area (Å²) >= 11 is 1.14. The Morgan fingerprint density at radius 1 is 0.857 bits per heavy atom. The van der Waals surface area contributed by atoms with Gasteiger partial charge < -0.3 is 0 Å². The van der Waals surface area contributed by atoms with E-state index in [4.69, 9.17) is 0 Å². The Morgan fingerprint density at radius 3 is 2.46 bits per heavy atom. The molecule has 0 saturated carbocycles. The molecule has 0 bridgehead atoms. The smallest absolute Gasteiger partial charge is 0.196 e. The summed E-state index contributed by atoms with van der Waals surface area (Å²) in [4.78, 5) is 4.07. The first kappa shape index (κ1) is 18.2. The van der Waals surface area contributed by atoms with Crippen molar-refractivity contribution < 1.29 is 13.2 Å². The molecular weight excluding hydrogens is 385 g/mol. The van der Waals surface area contributed by atoms with E-state index in [-0.39, 0.29) is 17.0 Å². The Balaban J connectivity index is 1.76. The van der Waals surface area contributed by atoms with E-state index in [9.17, 15) is 13.2 Å². The number of pyridine rings is 1. The van der Waals surface area contributed by atoms with Gasteiger partial charge in [0.2, 0.25) is 0 Å². The lowest BCUT2D eigenvalue weighted by Gasteiger charge is -2.11. The molecule has 0 amide bonds. The molecule has 28 heavy (non-hydrogen) atoms. The highest BCUT2D eigenvalue weighted by molar-refractivity contribution is 7.98. The molecule has 140 valence electrons. The van der Waals surface area contributed by atoms with Crippen LogP contribution in [0.25, 0.3) is 17.1 Å². The lowest BCUT2D eigenvalue weighted by molar-refractivity contribution is 0.502. The van der Waals surface area contributed by atoms with Gasteiger partial charge in [0.1, 0.15) is 5.82 Å². The summed E-state index contributed by atoms with van der Waals surface area (Å²) in [7, 11) is 0. The van der Waals surface area contributed by atoms with Crippen molar-refractivity contribution in [2.45, 2.75) is 10.9 Å². The summed E-state index contributed by atoms with van der Waals surface area (Å²) < 4.78 is 43.5. The van der Waals surface area contributed by atoms with Gasteiger partial charge in [0.15, 0.2) is 22.6 Å². The maximum Gasteiger partial charge on any atom is 0.196 e. The second kappa shape index (κ2) is 7.85. The van der Waals surface area contributed by atoms with E-state index < -0.39 is 17.5 Å². The molecule has 0 aliphatic carbocycles. The third-order valence-electron chi connectivity index (χ3n) is 4.03. The average molecular weight is 398 g/mol. The first-order chi connectivity index (χ1) is 13.6. The normalized spacial score (nSPS) is 11.0. The van der Waals surface area contributed by atoms with Crippen LogP contribution in [-0.2, 0) is 5.75 Å². The van der Waals surface area contributed by atoms with Gasteiger partial charge in [-0.25, -0.2) is 13.2 Å². The summed E-state index contributed by atoms with van der Waals surface area (Å²) in [5.41, 5.74) is 1.10. The number of nitrogens with zero attached hydrogens (tertiary/aromatic N) is 4. The van der Waals surface area contributed by atoms with Crippen LogP contribution in [0.15, 0.2) is 72.1 Å². The molecule has 8 heteroatoms. The molecule has 4 nitrogen and oxygen atoms in total. The molecule has 0 unspecified atom stereocenters. The first-order valence-corrected chi connectivity index (χ1v) is 9.30. The quantitative estimate of drug-likeness (QED) is 0.442. The fourth-order valence-electron chi connectivity index (χ4n) is 2.70. The minimum Gasteiger partial charge on any atom is -0.267 e. The summed E-state index contributed by atoms with van der Waals surface area (Å²) in [5, 5.41) is 8.67. The highest BCUT2D eigenvalue weighted by atomic mass is 32.2. The van der Waals surface area contributed by atoms with Gasteiger partial charge in [-0.3, -0.25) is 9.55 Å². The van der Waals surface area contributed by atoms with E-state index >= 15 is 0 Å². The zero-order valence-corrected chi connectivity index (χ0v) is 15.2. The minimum atomic E-state index is -0.912. The highest BCUT2D eigenvalue weighted by Crippen LogP contribution is 2.31. The molecule has 4 rings (SSSR count). The number of rotatable bonds is 5. The lowest BCUT2D eigenvalue weighted by Crippen LogP contribution is -2.03. The van der Waals surface area contributed by atoms with Gasteiger partial charge in [0.25, 0.3) is 0 Å². The Kier molecular flexibility index (Phi) is 5.12. The van der Waals surface area contributed by atoms with Crippen LogP contribution in [0.4, 0.5) is 13.2 Å². The zero-order chi connectivity index (χ0) is 19.5. The number of aromatic nitrogens is 4. The fraction of sp³-hybridized carbons (Fsp3) is 0.0500. The van der Waals surface area contributed by atoms with Gasteiger partial charge in [0.05, 0.1) is 5.69 Å². The van der Waals surface area contributed by atoms with Crippen molar-refractivity contribution in [3.05, 3.63) is 90.0 Å².